The van der Waals surface area contributed by atoms with Crippen molar-refractivity contribution in [3.8, 4) is 6.07 Å². The van der Waals surface area contributed by atoms with Crippen molar-refractivity contribution in [1.29, 1.82) is 5.26 Å². The SMILES string of the molecule is Cc1c(C2C=NN(c3ccc(C(=O)N4CCN(C(C)C)[C@H](C)C4)cn3)C2=O)ccc(C#N)c1F. The Balaban J connectivity index is 1.47. The van der Waals surface area contributed by atoms with Crippen LogP contribution in [0.2, 0.25) is 0 Å². The molecule has 0 aliphatic carbocycles. The van der Waals surface area contributed by atoms with E-state index in [9.17, 15) is 14.0 Å². The molecule has 0 N–H and O–H groups in total. The van der Waals surface area contributed by atoms with Gasteiger partial charge in [-0.3, -0.25) is 14.5 Å². The summed E-state index contributed by atoms with van der Waals surface area (Å²) in [5.41, 5.74) is 1.08. The summed E-state index contributed by atoms with van der Waals surface area (Å²) in [7, 11) is 0. The number of amides is 2. The van der Waals surface area contributed by atoms with E-state index >= 15 is 0 Å². The van der Waals surface area contributed by atoms with Gasteiger partial charge in [-0.1, -0.05) is 6.07 Å². The predicted octanol–water partition coefficient (Wildman–Crippen LogP) is 3.07. The minimum absolute atomic E-state index is 0.0672. The van der Waals surface area contributed by atoms with Gasteiger partial charge in [0.05, 0.1) is 11.1 Å². The van der Waals surface area contributed by atoms with E-state index in [1.54, 1.807) is 24.3 Å². The van der Waals surface area contributed by atoms with Gasteiger partial charge in [0.15, 0.2) is 5.82 Å². The van der Waals surface area contributed by atoms with Crippen LogP contribution in [0.15, 0.2) is 35.6 Å². The number of pyridine rings is 1. The van der Waals surface area contributed by atoms with Crippen molar-refractivity contribution in [2.45, 2.75) is 45.7 Å². The van der Waals surface area contributed by atoms with Crippen LogP contribution in [0.4, 0.5) is 10.2 Å². The molecule has 2 aliphatic rings. The summed E-state index contributed by atoms with van der Waals surface area (Å²) in [6.07, 6.45) is 2.90. The van der Waals surface area contributed by atoms with Crippen molar-refractivity contribution < 1.29 is 14.0 Å². The zero-order chi connectivity index (χ0) is 24.6. The van der Waals surface area contributed by atoms with Gasteiger partial charge in [-0.2, -0.15) is 15.4 Å². The highest BCUT2D eigenvalue weighted by Crippen LogP contribution is 2.30. The van der Waals surface area contributed by atoms with Crippen molar-refractivity contribution in [2.24, 2.45) is 5.10 Å². The van der Waals surface area contributed by atoms with Crippen molar-refractivity contribution in [3.63, 3.8) is 0 Å². The van der Waals surface area contributed by atoms with Gasteiger partial charge in [0.2, 0.25) is 0 Å². The summed E-state index contributed by atoms with van der Waals surface area (Å²) in [5, 5.41) is 14.3. The number of aromatic nitrogens is 1. The third kappa shape index (κ3) is 4.17. The lowest BCUT2D eigenvalue weighted by atomic mass is 9.93. The first-order valence-corrected chi connectivity index (χ1v) is 11.3. The van der Waals surface area contributed by atoms with Crippen LogP contribution in [0.25, 0.3) is 0 Å². The average Bonchev–Trinajstić information content (AvgIpc) is 3.21. The summed E-state index contributed by atoms with van der Waals surface area (Å²) >= 11 is 0. The monoisotopic (exact) mass is 462 g/mol. The lowest BCUT2D eigenvalue weighted by Gasteiger charge is -2.42. The molecule has 2 aliphatic heterocycles. The minimum atomic E-state index is -0.774. The minimum Gasteiger partial charge on any atom is -0.336 e. The highest BCUT2D eigenvalue weighted by atomic mass is 19.1. The number of nitrogens with zero attached hydrogens (tertiary/aromatic N) is 6. The predicted molar refractivity (Wildman–Crippen MR) is 126 cm³/mol. The Labute approximate surface area is 198 Å². The normalized spacial score (nSPS) is 20.8. The molecule has 4 rings (SSSR count). The van der Waals surface area contributed by atoms with Gasteiger partial charge >= 0.3 is 0 Å². The molecule has 3 heterocycles. The van der Waals surface area contributed by atoms with Crippen LogP contribution in [0.3, 0.4) is 0 Å². The number of hydrogen-bond donors (Lipinski definition) is 0. The maximum absolute atomic E-state index is 14.4. The summed E-state index contributed by atoms with van der Waals surface area (Å²) in [4.78, 5) is 34.5. The average molecular weight is 463 g/mol. The fourth-order valence-electron chi connectivity index (χ4n) is 4.64. The van der Waals surface area contributed by atoms with Crippen molar-refractivity contribution >= 4 is 23.8 Å². The molecule has 1 aromatic carbocycles. The molecule has 176 valence electrons. The number of anilines is 1. The second-order valence-electron chi connectivity index (χ2n) is 8.98. The van der Waals surface area contributed by atoms with Crippen LogP contribution in [0.1, 0.15) is 53.7 Å². The van der Waals surface area contributed by atoms with Crippen LogP contribution in [-0.4, -0.2) is 64.5 Å². The standard InChI is InChI=1S/C25H27FN6O2/c1-15(2)31-10-9-30(14-16(31)3)24(33)19-6-8-22(28-12-19)32-25(34)21(13-29-32)20-7-5-18(11-27)23(26)17(20)4/h5-8,12-13,15-16,21H,9-10,14H2,1-4H3/t16-,21?/m1/s1. The van der Waals surface area contributed by atoms with E-state index in [0.717, 1.165) is 11.6 Å². The molecule has 8 nitrogen and oxygen atoms in total. The van der Waals surface area contributed by atoms with Crippen LogP contribution < -0.4 is 5.01 Å². The Morgan fingerprint density at radius 3 is 2.62 bits per heavy atom. The number of nitriles is 1. The molecule has 9 heteroatoms. The Kier molecular flexibility index (Phi) is 6.44. The van der Waals surface area contributed by atoms with Gasteiger partial charge in [-0.05, 0) is 57.0 Å². The van der Waals surface area contributed by atoms with E-state index in [2.05, 4.69) is 35.8 Å². The largest absolute Gasteiger partial charge is 0.336 e. The number of hydrogen-bond acceptors (Lipinski definition) is 6. The maximum atomic E-state index is 14.4. The number of rotatable bonds is 4. The van der Waals surface area contributed by atoms with E-state index < -0.39 is 11.7 Å². The van der Waals surface area contributed by atoms with Gasteiger partial charge in [-0.25, -0.2) is 9.37 Å². The van der Waals surface area contributed by atoms with E-state index in [0.29, 0.717) is 30.3 Å². The van der Waals surface area contributed by atoms with Crippen molar-refractivity contribution in [1.82, 2.24) is 14.8 Å². The van der Waals surface area contributed by atoms with E-state index in [4.69, 9.17) is 5.26 Å². The van der Waals surface area contributed by atoms with Gasteiger partial charge in [0.1, 0.15) is 17.8 Å². The maximum Gasteiger partial charge on any atom is 0.261 e. The zero-order valence-electron chi connectivity index (χ0n) is 19.7. The van der Waals surface area contributed by atoms with Gasteiger partial charge in [-0.15, -0.1) is 0 Å². The molecule has 2 aromatic rings. The molecule has 0 saturated carbocycles. The van der Waals surface area contributed by atoms with E-state index in [1.807, 2.05) is 4.90 Å². The van der Waals surface area contributed by atoms with E-state index in [1.165, 1.54) is 25.4 Å². The third-order valence-electron chi connectivity index (χ3n) is 6.53. The smallest absolute Gasteiger partial charge is 0.261 e. The topological polar surface area (TPSA) is 92.9 Å². The number of hydrazone groups is 1. The quantitative estimate of drug-likeness (QED) is 0.696. The van der Waals surface area contributed by atoms with Crippen LogP contribution in [-0.2, 0) is 4.79 Å². The molecule has 2 amide bonds. The highest BCUT2D eigenvalue weighted by Gasteiger charge is 2.34. The molecule has 0 spiro atoms. The molecule has 1 unspecified atom stereocenters. The Morgan fingerprint density at radius 1 is 1.24 bits per heavy atom. The summed E-state index contributed by atoms with van der Waals surface area (Å²) in [6.45, 7) is 10.1. The fraction of sp³-hybridized carbons (Fsp3) is 0.400. The Bertz CT molecular complexity index is 1190. The lowest BCUT2D eigenvalue weighted by molar-refractivity contribution is -0.118. The molecule has 2 atom stereocenters. The fourth-order valence-corrected chi connectivity index (χ4v) is 4.64. The molecule has 1 saturated heterocycles. The summed E-state index contributed by atoms with van der Waals surface area (Å²) in [5.74, 6) is -1.59. The third-order valence-corrected chi connectivity index (χ3v) is 6.53. The summed E-state index contributed by atoms with van der Waals surface area (Å²) in [6, 6.07) is 8.67. The molecule has 1 aromatic heterocycles. The van der Waals surface area contributed by atoms with Crippen LogP contribution >= 0.6 is 0 Å². The first-order valence-electron chi connectivity index (χ1n) is 11.3. The zero-order valence-corrected chi connectivity index (χ0v) is 19.7. The first kappa shape index (κ1) is 23.5. The molecule has 0 radical (unpaired) electrons. The highest BCUT2D eigenvalue weighted by molar-refractivity contribution is 6.12. The number of benzene rings is 1. The van der Waals surface area contributed by atoms with Crippen LogP contribution in [0.5, 0.6) is 0 Å². The number of halogens is 1. The lowest BCUT2D eigenvalue weighted by Crippen LogP contribution is -2.55. The first-order chi connectivity index (χ1) is 16.2. The Hall–Kier alpha value is -3.64. The Morgan fingerprint density at radius 2 is 2.00 bits per heavy atom. The molecule has 0 bridgehead atoms. The molecule has 1 fully saturated rings. The van der Waals surface area contributed by atoms with Gasteiger partial charge in [0, 0.05) is 44.1 Å². The number of carbonyl (C=O) groups excluding carboxylic acids is 2. The van der Waals surface area contributed by atoms with Crippen molar-refractivity contribution in [3.05, 3.63) is 58.5 Å². The summed E-state index contributed by atoms with van der Waals surface area (Å²) < 4.78 is 14.4. The van der Waals surface area contributed by atoms with Crippen LogP contribution in [0, 0.1) is 24.1 Å². The number of carbonyl (C=O) groups is 2. The molecule has 34 heavy (non-hydrogen) atoms. The second-order valence-corrected chi connectivity index (χ2v) is 8.98. The number of piperazine rings is 1. The van der Waals surface area contributed by atoms with Crippen molar-refractivity contribution in [2.75, 3.05) is 24.6 Å². The van der Waals surface area contributed by atoms with E-state index in [-0.39, 0.29) is 34.8 Å². The van der Waals surface area contributed by atoms with Gasteiger partial charge in [0.25, 0.3) is 11.8 Å². The van der Waals surface area contributed by atoms with Gasteiger partial charge < -0.3 is 4.90 Å². The molecular weight excluding hydrogens is 435 g/mol. The molecular formula is C25H27FN6O2. The second kappa shape index (κ2) is 9.31.